The number of ether oxygens (including phenoxy) is 3. The van der Waals surface area contributed by atoms with E-state index in [1.807, 2.05) is 13.8 Å². The third-order valence-corrected chi connectivity index (χ3v) is 3.79. The van der Waals surface area contributed by atoms with E-state index >= 15 is 0 Å². The predicted molar refractivity (Wildman–Crippen MR) is 73.5 cm³/mol. The van der Waals surface area contributed by atoms with E-state index in [2.05, 4.69) is 0 Å². The molecule has 5 nitrogen and oxygen atoms in total. The number of carboxylic acids is 1. The van der Waals surface area contributed by atoms with E-state index in [1.54, 1.807) is 26.2 Å². The van der Waals surface area contributed by atoms with E-state index in [-0.39, 0.29) is 11.7 Å². The molecular weight excluding hydrogens is 260 g/mol. The summed E-state index contributed by atoms with van der Waals surface area (Å²) in [5.41, 5.74) is 1.17. The molecule has 0 aliphatic carbocycles. The zero-order valence-corrected chi connectivity index (χ0v) is 12.2. The fourth-order valence-corrected chi connectivity index (χ4v) is 2.50. The Hall–Kier alpha value is -1.59. The summed E-state index contributed by atoms with van der Waals surface area (Å²) in [6.07, 6.45) is -0.171. The van der Waals surface area contributed by atoms with Crippen molar-refractivity contribution in [3.63, 3.8) is 0 Å². The highest BCUT2D eigenvalue weighted by Gasteiger charge is 2.43. The number of hydrogen-bond acceptors (Lipinski definition) is 4. The first-order valence-electron chi connectivity index (χ1n) is 6.52. The first-order valence-corrected chi connectivity index (χ1v) is 6.52. The van der Waals surface area contributed by atoms with Gasteiger partial charge in [0.1, 0.15) is 11.9 Å². The van der Waals surface area contributed by atoms with Crippen molar-refractivity contribution >= 4 is 5.97 Å². The summed E-state index contributed by atoms with van der Waals surface area (Å²) in [4.78, 5) is 11.2. The lowest BCUT2D eigenvalue weighted by molar-refractivity contribution is -0.0310. The second kappa shape index (κ2) is 5.42. The van der Waals surface area contributed by atoms with E-state index in [0.717, 1.165) is 5.56 Å². The second-order valence-electron chi connectivity index (χ2n) is 5.34. The molecule has 1 saturated heterocycles. The molecule has 20 heavy (non-hydrogen) atoms. The second-order valence-corrected chi connectivity index (χ2v) is 5.34. The van der Waals surface area contributed by atoms with Gasteiger partial charge in [-0.25, -0.2) is 4.79 Å². The molecule has 1 N–H and O–H groups in total. The summed E-state index contributed by atoms with van der Waals surface area (Å²) in [6.45, 7) is 6.47. The number of aryl methyl sites for hydroxylation is 1. The predicted octanol–water partition coefficient (Wildman–Crippen LogP) is 2.18. The first kappa shape index (κ1) is 14.8. The van der Waals surface area contributed by atoms with Crippen LogP contribution >= 0.6 is 0 Å². The van der Waals surface area contributed by atoms with Crippen LogP contribution in [0.25, 0.3) is 0 Å². The Kier molecular flexibility index (Phi) is 4.01. The maximum atomic E-state index is 11.2. The van der Waals surface area contributed by atoms with E-state index in [0.29, 0.717) is 24.5 Å². The number of rotatable bonds is 4. The first-order chi connectivity index (χ1) is 9.39. The Labute approximate surface area is 118 Å². The summed E-state index contributed by atoms with van der Waals surface area (Å²) in [7, 11) is 1.62. The minimum atomic E-state index is -0.955. The Balaban J connectivity index is 2.38. The highest BCUT2D eigenvalue weighted by Crippen LogP contribution is 2.33. The standard InChI is InChI=1S/C15H20O5/c1-9-5-6-11(14(16)17)10(2)13(9)20-15(3)8-19-7-12(15)18-4/h5-6,12H,7-8H2,1-4H3,(H,16,17). The van der Waals surface area contributed by atoms with Crippen LogP contribution in [0.1, 0.15) is 28.4 Å². The number of benzene rings is 1. The fraction of sp³-hybridized carbons (Fsp3) is 0.533. The Morgan fingerprint density at radius 3 is 2.75 bits per heavy atom. The van der Waals surface area contributed by atoms with Crippen molar-refractivity contribution in [3.8, 4) is 5.75 Å². The molecule has 2 rings (SSSR count). The van der Waals surface area contributed by atoms with Gasteiger partial charge < -0.3 is 19.3 Å². The molecule has 1 aliphatic rings. The molecule has 0 radical (unpaired) electrons. The van der Waals surface area contributed by atoms with Crippen LogP contribution in [0.2, 0.25) is 0 Å². The van der Waals surface area contributed by atoms with Crippen LogP contribution in [-0.2, 0) is 9.47 Å². The molecule has 1 aromatic rings. The lowest BCUT2D eigenvalue weighted by Crippen LogP contribution is -2.45. The average molecular weight is 280 g/mol. The molecule has 0 spiro atoms. The number of carbonyl (C=O) groups is 1. The summed E-state index contributed by atoms with van der Waals surface area (Å²) >= 11 is 0. The maximum absolute atomic E-state index is 11.2. The van der Waals surface area contributed by atoms with Gasteiger partial charge >= 0.3 is 5.97 Å². The molecule has 5 heteroatoms. The SMILES string of the molecule is COC1COCC1(C)Oc1c(C)ccc(C(=O)O)c1C. The molecule has 110 valence electrons. The summed E-state index contributed by atoms with van der Waals surface area (Å²) in [5, 5.41) is 9.20. The topological polar surface area (TPSA) is 65.0 Å². The monoisotopic (exact) mass is 280 g/mol. The zero-order valence-electron chi connectivity index (χ0n) is 12.2. The molecule has 0 saturated carbocycles. The molecule has 2 atom stereocenters. The minimum Gasteiger partial charge on any atom is -0.482 e. The molecule has 1 aromatic carbocycles. The maximum Gasteiger partial charge on any atom is 0.336 e. The molecule has 0 bridgehead atoms. The van der Waals surface area contributed by atoms with Gasteiger partial charge in [0.05, 0.1) is 18.8 Å². The summed E-state index contributed by atoms with van der Waals surface area (Å²) < 4.78 is 16.9. The van der Waals surface area contributed by atoms with Gasteiger partial charge in [-0.1, -0.05) is 6.07 Å². The molecule has 0 amide bonds. The molecule has 2 unspecified atom stereocenters. The largest absolute Gasteiger partial charge is 0.482 e. The summed E-state index contributed by atoms with van der Waals surface area (Å²) in [6, 6.07) is 3.36. The van der Waals surface area contributed by atoms with Gasteiger partial charge in [-0.15, -0.1) is 0 Å². The van der Waals surface area contributed by atoms with Crippen molar-refractivity contribution in [1.82, 2.24) is 0 Å². The van der Waals surface area contributed by atoms with Crippen LogP contribution in [0.3, 0.4) is 0 Å². The Bertz CT molecular complexity index is 525. The number of methoxy groups -OCH3 is 1. The highest BCUT2D eigenvalue weighted by molar-refractivity contribution is 5.90. The van der Waals surface area contributed by atoms with Crippen LogP contribution in [0, 0.1) is 13.8 Å². The van der Waals surface area contributed by atoms with E-state index in [1.165, 1.54) is 0 Å². The Morgan fingerprint density at radius 1 is 1.45 bits per heavy atom. The highest BCUT2D eigenvalue weighted by atomic mass is 16.6. The van der Waals surface area contributed by atoms with Crippen molar-refractivity contribution < 1.29 is 24.1 Å². The van der Waals surface area contributed by atoms with Gasteiger partial charge in [0.2, 0.25) is 0 Å². The smallest absolute Gasteiger partial charge is 0.336 e. The van der Waals surface area contributed by atoms with Crippen LogP contribution in [0.4, 0.5) is 0 Å². The molecule has 1 fully saturated rings. The van der Waals surface area contributed by atoms with Gasteiger partial charge in [-0.3, -0.25) is 0 Å². The zero-order chi connectivity index (χ0) is 14.9. The van der Waals surface area contributed by atoms with Gasteiger partial charge in [0.25, 0.3) is 0 Å². The molecule has 1 heterocycles. The van der Waals surface area contributed by atoms with Crippen molar-refractivity contribution in [1.29, 1.82) is 0 Å². The van der Waals surface area contributed by atoms with Crippen molar-refractivity contribution in [3.05, 3.63) is 28.8 Å². The van der Waals surface area contributed by atoms with Gasteiger partial charge in [0.15, 0.2) is 5.60 Å². The van der Waals surface area contributed by atoms with E-state index < -0.39 is 11.6 Å². The molecular formula is C15H20O5. The van der Waals surface area contributed by atoms with Crippen molar-refractivity contribution in [2.45, 2.75) is 32.5 Å². The molecule has 1 aliphatic heterocycles. The number of aromatic carboxylic acids is 1. The normalized spacial score (nSPS) is 25.7. The number of carboxylic acid groups (broad SMARTS) is 1. The third kappa shape index (κ3) is 2.51. The van der Waals surface area contributed by atoms with Crippen molar-refractivity contribution in [2.75, 3.05) is 20.3 Å². The van der Waals surface area contributed by atoms with Crippen LogP contribution in [0.15, 0.2) is 12.1 Å². The van der Waals surface area contributed by atoms with Crippen molar-refractivity contribution in [2.24, 2.45) is 0 Å². The third-order valence-electron chi connectivity index (χ3n) is 3.79. The lowest BCUT2D eigenvalue weighted by atomic mass is 10.00. The lowest BCUT2D eigenvalue weighted by Gasteiger charge is -2.31. The van der Waals surface area contributed by atoms with E-state index in [4.69, 9.17) is 14.2 Å². The summed E-state index contributed by atoms with van der Waals surface area (Å²) in [5.74, 6) is -0.358. The Morgan fingerprint density at radius 2 is 2.15 bits per heavy atom. The molecule has 0 aromatic heterocycles. The fourth-order valence-electron chi connectivity index (χ4n) is 2.50. The minimum absolute atomic E-state index is 0.171. The quantitative estimate of drug-likeness (QED) is 0.915. The number of hydrogen-bond donors (Lipinski definition) is 1. The average Bonchev–Trinajstić information content (AvgIpc) is 2.75. The van der Waals surface area contributed by atoms with Crippen LogP contribution < -0.4 is 4.74 Å². The van der Waals surface area contributed by atoms with Gasteiger partial charge in [-0.2, -0.15) is 0 Å². The van der Waals surface area contributed by atoms with Crippen LogP contribution in [0.5, 0.6) is 5.75 Å². The van der Waals surface area contributed by atoms with Gasteiger partial charge in [-0.05, 0) is 32.4 Å². The van der Waals surface area contributed by atoms with E-state index in [9.17, 15) is 9.90 Å². The van der Waals surface area contributed by atoms with Crippen LogP contribution in [-0.4, -0.2) is 43.1 Å². The van der Waals surface area contributed by atoms with Gasteiger partial charge in [0, 0.05) is 12.7 Å².